The summed E-state index contributed by atoms with van der Waals surface area (Å²) in [6.45, 7) is 5.29. The van der Waals surface area contributed by atoms with E-state index in [0.717, 1.165) is 17.7 Å². The van der Waals surface area contributed by atoms with Crippen molar-refractivity contribution in [2.24, 2.45) is 5.92 Å². The average Bonchev–Trinajstić information content (AvgIpc) is 3.04. The molecule has 0 unspecified atom stereocenters. The summed E-state index contributed by atoms with van der Waals surface area (Å²) < 4.78 is 0. The fourth-order valence-corrected chi connectivity index (χ4v) is 3.67. The Kier molecular flexibility index (Phi) is 4.11. The predicted molar refractivity (Wildman–Crippen MR) is 88.7 cm³/mol. The highest BCUT2D eigenvalue weighted by Gasteiger charge is 2.40. The van der Waals surface area contributed by atoms with E-state index in [1.165, 1.54) is 0 Å². The van der Waals surface area contributed by atoms with Gasteiger partial charge in [-0.3, -0.25) is 4.79 Å². The van der Waals surface area contributed by atoms with Crippen LogP contribution in [0.2, 0.25) is 0 Å². The highest BCUT2D eigenvalue weighted by atomic mass is 16.4. The minimum Gasteiger partial charge on any atom is -0.480 e. The van der Waals surface area contributed by atoms with Gasteiger partial charge < -0.3 is 15.3 Å². The van der Waals surface area contributed by atoms with Gasteiger partial charge in [-0.2, -0.15) is 0 Å². The highest BCUT2D eigenvalue weighted by Crippen LogP contribution is 2.44. The number of benzene rings is 1. The smallest absolute Gasteiger partial charge is 0.326 e. The number of amides is 1. The van der Waals surface area contributed by atoms with Gasteiger partial charge in [0.05, 0.1) is 0 Å². The third-order valence-corrected chi connectivity index (χ3v) is 4.93. The van der Waals surface area contributed by atoms with Crippen molar-refractivity contribution < 1.29 is 14.7 Å². The Hall–Kier alpha value is -2.30. The molecule has 0 spiro atoms. The molecule has 5 nitrogen and oxygen atoms in total. The second-order valence-electron chi connectivity index (χ2n) is 6.09. The molecule has 0 fully saturated rings. The Morgan fingerprint density at radius 1 is 1.30 bits per heavy atom. The molecule has 122 valence electrons. The molecular formula is C18H22N2O3. The molecule has 1 aromatic rings. The van der Waals surface area contributed by atoms with Crippen molar-refractivity contribution in [2.75, 3.05) is 18.4 Å². The Balaban J connectivity index is 1.97. The molecule has 0 saturated heterocycles. The molecule has 0 aromatic heterocycles. The van der Waals surface area contributed by atoms with Crippen LogP contribution in [0.15, 0.2) is 30.4 Å². The van der Waals surface area contributed by atoms with Crippen LogP contribution in [0.3, 0.4) is 0 Å². The van der Waals surface area contributed by atoms with Crippen LogP contribution in [0.4, 0.5) is 5.69 Å². The summed E-state index contributed by atoms with van der Waals surface area (Å²) >= 11 is 0. The summed E-state index contributed by atoms with van der Waals surface area (Å²) in [5.74, 6) is -0.718. The fraction of sp³-hybridized carbons (Fsp3) is 0.444. The lowest BCUT2D eigenvalue weighted by molar-refractivity contribution is -0.139. The van der Waals surface area contributed by atoms with Crippen molar-refractivity contribution in [3.05, 3.63) is 41.5 Å². The number of carbonyl (C=O) groups excluding carboxylic acids is 1. The molecule has 3 rings (SSSR count). The molecule has 0 saturated carbocycles. The van der Waals surface area contributed by atoms with Crippen molar-refractivity contribution in [1.82, 2.24) is 4.90 Å². The first-order valence-electron chi connectivity index (χ1n) is 8.16. The van der Waals surface area contributed by atoms with E-state index in [0.29, 0.717) is 18.7 Å². The van der Waals surface area contributed by atoms with Crippen LogP contribution >= 0.6 is 0 Å². The summed E-state index contributed by atoms with van der Waals surface area (Å²) in [7, 11) is 0. The molecule has 1 amide bonds. The van der Waals surface area contributed by atoms with E-state index in [1.54, 1.807) is 11.0 Å². The molecule has 1 heterocycles. The van der Waals surface area contributed by atoms with E-state index in [1.807, 2.05) is 32.1 Å². The van der Waals surface area contributed by atoms with Gasteiger partial charge in [-0.25, -0.2) is 4.79 Å². The second kappa shape index (κ2) is 6.07. The number of fused-ring (bicyclic) bond motifs is 3. The van der Waals surface area contributed by atoms with Crippen molar-refractivity contribution in [1.29, 1.82) is 0 Å². The Bertz CT molecular complexity index is 664. The van der Waals surface area contributed by atoms with Crippen LogP contribution in [-0.4, -0.2) is 41.0 Å². The number of aliphatic carboxylic acids is 1. The molecule has 1 aliphatic heterocycles. The zero-order valence-electron chi connectivity index (χ0n) is 13.5. The first-order chi connectivity index (χ1) is 11.1. The average molecular weight is 314 g/mol. The SMILES string of the molecule is CCN(CC)C(=O)c1ccc2c(c1)[C@@H]1C=CC[C@H]1[C@H](C(=O)O)N2. The van der Waals surface area contributed by atoms with Gasteiger partial charge in [0, 0.05) is 36.2 Å². The number of carbonyl (C=O) groups is 2. The van der Waals surface area contributed by atoms with Crippen LogP contribution in [0.5, 0.6) is 0 Å². The van der Waals surface area contributed by atoms with E-state index in [-0.39, 0.29) is 17.7 Å². The minimum absolute atomic E-state index is 0.0128. The lowest BCUT2D eigenvalue weighted by atomic mass is 9.79. The number of anilines is 1. The number of carboxylic acid groups (broad SMARTS) is 1. The summed E-state index contributed by atoms with van der Waals surface area (Å²) in [6, 6.07) is 4.97. The van der Waals surface area contributed by atoms with Gasteiger partial charge in [0.2, 0.25) is 0 Å². The topological polar surface area (TPSA) is 69.6 Å². The molecular weight excluding hydrogens is 292 g/mol. The summed E-state index contributed by atoms with van der Waals surface area (Å²) in [4.78, 5) is 25.8. The number of allylic oxidation sites excluding steroid dienone is 2. The monoisotopic (exact) mass is 314 g/mol. The fourth-order valence-electron chi connectivity index (χ4n) is 3.67. The third kappa shape index (κ3) is 2.60. The molecule has 0 bridgehead atoms. The van der Waals surface area contributed by atoms with E-state index < -0.39 is 12.0 Å². The number of nitrogens with zero attached hydrogens (tertiary/aromatic N) is 1. The van der Waals surface area contributed by atoms with Crippen molar-refractivity contribution >= 4 is 17.6 Å². The van der Waals surface area contributed by atoms with Crippen LogP contribution in [0, 0.1) is 5.92 Å². The largest absolute Gasteiger partial charge is 0.480 e. The summed E-state index contributed by atoms with van der Waals surface area (Å²) in [5.41, 5.74) is 2.52. The molecule has 1 aliphatic carbocycles. The molecule has 1 aromatic carbocycles. The Morgan fingerprint density at radius 2 is 2.04 bits per heavy atom. The second-order valence-corrected chi connectivity index (χ2v) is 6.09. The molecule has 23 heavy (non-hydrogen) atoms. The van der Waals surface area contributed by atoms with Crippen molar-refractivity contribution in [2.45, 2.75) is 32.2 Å². The zero-order chi connectivity index (χ0) is 16.6. The standard InChI is InChI=1S/C18H22N2O3/c1-3-20(4-2)17(21)11-8-9-15-14(10-11)12-6-5-7-13(12)16(19-15)18(22)23/h5-6,8-10,12-13,16,19H,3-4,7H2,1-2H3,(H,22,23)/t12-,13-,16-/m1/s1. The first-order valence-corrected chi connectivity index (χ1v) is 8.16. The quantitative estimate of drug-likeness (QED) is 0.838. The molecule has 5 heteroatoms. The summed E-state index contributed by atoms with van der Waals surface area (Å²) in [6.07, 6.45) is 4.87. The zero-order valence-corrected chi connectivity index (χ0v) is 13.5. The van der Waals surface area contributed by atoms with E-state index in [2.05, 4.69) is 11.4 Å². The van der Waals surface area contributed by atoms with Gasteiger partial charge in [-0.1, -0.05) is 12.2 Å². The number of nitrogens with one attached hydrogen (secondary N) is 1. The molecule has 0 radical (unpaired) electrons. The van der Waals surface area contributed by atoms with Crippen LogP contribution in [-0.2, 0) is 4.79 Å². The molecule has 2 aliphatic rings. The van der Waals surface area contributed by atoms with Gasteiger partial charge in [0.15, 0.2) is 0 Å². The predicted octanol–water partition coefficient (Wildman–Crippen LogP) is 2.71. The van der Waals surface area contributed by atoms with Crippen LogP contribution in [0.25, 0.3) is 0 Å². The number of rotatable bonds is 4. The number of carboxylic acids is 1. The number of hydrogen-bond donors (Lipinski definition) is 2. The number of hydrogen-bond acceptors (Lipinski definition) is 3. The lowest BCUT2D eigenvalue weighted by Gasteiger charge is -2.35. The van der Waals surface area contributed by atoms with Gasteiger partial charge >= 0.3 is 5.97 Å². The summed E-state index contributed by atoms with van der Waals surface area (Å²) in [5, 5.41) is 12.6. The van der Waals surface area contributed by atoms with E-state index >= 15 is 0 Å². The van der Waals surface area contributed by atoms with E-state index in [9.17, 15) is 14.7 Å². The first kappa shape index (κ1) is 15.6. The van der Waals surface area contributed by atoms with Gasteiger partial charge in [0.25, 0.3) is 5.91 Å². The molecule has 3 atom stereocenters. The maximum absolute atomic E-state index is 12.6. The lowest BCUT2D eigenvalue weighted by Crippen LogP contribution is -2.42. The highest BCUT2D eigenvalue weighted by molar-refractivity contribution is 5.95. The van der Waals surface area contributed by atoms with E-state index in [4.69, 9.17) is 0 Å². The van der Waals surface area contributed by atoms with Crippen molar-refractivity contribution in [3.8, 4) is 0 Å². The molecule has 2 N–H and O–H groups in total. The Labute approximate surface area is 136 Å². The Morgan fingerprint density at radius 3 is 2.70 bits per heavy atom. The van der Waals surface area contributed by atoms with Crippen LogP contribution < -0.4 is 5.32 Å². The van der Waals surface area contributed by atoms with Crippen molar-refractivity contribution in [3.63, 3.8) is 0 Å². The third-order valence-electron chi connectivity index (χ3n) is 4.93. The maximum atomic E-state index is 12.6. The minimum atomic E-state index is -0.822. The normalized spacial score (nSPS) is 24.5. The van der Waals surface area contributed by atoms with Gasteiger partial charge in [-0.15, -0.1) is 0 Å². The van der Waals surface area contributed by atoms with Gasteiger partial charge in [0.1, 0.15) is 6.04 Å². The maximum Gasteiger partial charge on any atom is 0.326 e. The van der Waals surface area contributed by atoms with Gasteiger partial charge in [-0.05, 0) is 44.0 Å². The van der Waals surface area contributed by atoms with Crippen LogP contribution in [0.1, 0.15) is 42.1 Å².